The minimum atomic E-state index is -1.34. The fourth-order valence-corrected chi connectivity index (χ4v) is 8.91. The highest BCUT2D eigenvalue weighted by Gasteiger charge is 2.65. The molecule has 0 spiro atoms. The summed E-state index contributed by atoms with van der Waals surface area (Å²) >= 11 is 0. The molecule has 1 aliphatic heterocycles. The quantitative estimate of drug-likeness (QED) is 0.0539. The maximum Gasteiger partial charge on any atom is 0.409 e. The highest BCUT2D eigenvalue weighted by Crippen LogP contribution is 2.61. The number of carbonyl (C=O) groups is 1. The first kappa shape index (κ1) is 44.6. The summed E-state index contributed by atoms with van der Waals surface area (Å²) in [7, 11) is 1.76. The number of nitrogens with zero attached hydrogens (tertiary/aromatic N) is 2. The van der Waals surface area contributed by atoms with E-state index < -0.39 is 29.4 Å². The molecule has 3 aliphatic rings. The number of ether oxygens (including phenoxy) is 3. The normalized spacial score (nSPS) is 25.0. The Balaban J connectivity index is 1.71. The molecule has 10 heteroatoms. The van der Waals surface area contributed by atoms with E-state index in [0.717, 1.165) is 61.8 Å². The number of hydrogen-bond acceptors (Lipinski definition) is 9. The number of phenols is 1. The number of likely N-dealkylation sites (N-methyl/N-ethyl adjacent to an activating group) is 1. The molecular weight excluding hydrogens is 697 g/mol. The number of allylic oxidation sites excluding steroid dienone is 1. The molecule has 1 heterocycles. The van der Waals surface area contributed by atoms with Crippen LogP contribution in [-0.4, -0.2) is 82.9 Å². The van der Waals surface area contributed by atoms with E-state index in [0.29, 0.717) is 31.6 Å². The minimum Gasteiger partial charge on any atom is -0.508 e. The van der Waals surface area contributed by atoms with Gasteiger partial charge >= 0.3 is 6.09 Å². The summed E-state index contributed by atoms with van der Waals surface area (Å²) < 4.78 is 19.9. The van der Waals surface area contributed by atoms with E-state index in [9.17, 15) is 20.1 Å². The number of aliphatic hydroxyl groups is 2. The number of carbonyl (C=O) groups excluding carboxylic acids is 1. The predicted molar refractivity (Wildman–Crippen MR) is 218 cm³/mol. The molecule has 1 aromatic rings. The highest BCUT2D eigenvalue weighted by molar-refractivity contribution is 6.02. The Bertz CT molecular complexity index is 1410. The first-order valence-electron chi connectivity index (χ1n) is 21.4. The van der Waals surface area contributed by atoms with Crippen LogP contribution in [0.4, 0.5) is 4.79 Å². The molecule has 1 saturated carbocycles. The van der Waals surface area contributed by atoms with Crippen molar-refractivity contribution in [1.29, 1.82) is 0 Å². The van der Waals surface area contributed by atoms with Crippen molar-refractivity contribution in [3.8, 4) is 11.5 Å². The van der Waals surface area contributed by atoms with E-state index >= 15 is 0 Å². The molecule has 55 heavy (non-hydrogen) atoms. The van der Waals surface area contributed by atoms with E-state index in [1.54, 1.807) is 36.2 Å². The summed E-state index contributed by atoms with van der Waals surface area (Å²) in [6.45, 7) is 12.9. The number of rotatable bonds is 24. The first-order valence-corrected chi connectivity index (χ1v) is 21.4. The van der Waals surface area contributed by atoms with Crippen LogP contribution in [-0.2, 0) is 14.3 Å². The third-order valence-corrected chi connectivity index (χ3v) is 11.6. The number of phenolic OH excluding ortho intramolecular Hbond substituents is 1. The average Bonchev–Trinajstić information content (AvgIpc) is 3.16. The van der Waals surface area contributed by atoms with Crippen molar-refractivity contribution < 1.29 is 39.2 Å². The zero-order valence-corrected chi connectivity index (χ0v) is 34.6. The molecule has 1 amide bonds. The zero-order chi connectivity index (χ0) is 39.8. The fourth-order valence-electron chi connectivity index (χ4n) is 8.91. The van der Waals surface area contributed by atoms with Gasteiger partial charge in [0.05, 0.1) is 24.8 Å². The molecule has 10 nitrogen and oxygen atoms in total. The average molecular weight is 769 g/mol. The monoisotopic (exact) mass is 769 g/mol. The van der Waals surface area contributed by atoms with Gasteiger partial charge in [-0.15, -0.1) is 6.58 Å². The van der Waals surface area contributed by atoms with Crippen LogP contribution >= 0.6 is 0 Å². The Morgan fingerprint density at radius 2 is 1.64 bits per heavy atom. The van der Waals surface area contributed by atoms with Gasteiger partial charge in [0.2, 0.25) is 5.79 Å². The van der Waals surface area contributed by atoms with Crippen LogP contribution in [0.15, 0.2) is 47.7 Å². The SMILES string of the molecule is C=CCO[C@@]12Oc3ccc(O)cc3[C@H]3[C@H](CCCCO)[C@@H](CCCCO)C=C(C(=NOC(C)(C)C)C[C@@H]1N(C)C(=O)OCCCCCCCCCCCC)[C@H]32. The van der Waals surface area contributed by atoms with Gasteiger partial charge in [0.15, 0.2) is 0 Å². The van der Waals surface area contributed by atoms with E-state index in [1.807, 2.05) is 20.8 Å². The van der Waals surface area contributed by atoms with E-state index in [-0.39, 0.29) is 43.3 Å². The van der Waals surface area contributed by atoms with Gasteiger partial charge in [-0.25, -0.2) is 4.79 Å². The maximum absolute atomic E-state index is 14.0. The smallest absolute Gasteiger partial charge is 0.409 e. The molecule has 0 radical (unpaired) electrons. The number of aliphatic hydroxyl groups excluding tert-OH is 2. The van der Waals surface area contributed by atoms with Crippen LogP contribution in [0.3, 0.4) is 0 Å². The second kappa shape index (κ2) is 22.0. The lowest BCUT2D eigenvalue weighted by Crippen LogP contribution is -2.69. The first-order chi connectivity index (χ1) is 26.5. The van der Waals surface area contributed by atoms with Crippen LogP contribution in [0.1, 0.15) is 148 Å². The summed E-state index contributed by atoms with van der Waals surface area (Å²) in [4.78, 5) is 21.8. The molecule has 6 atom stereocenters. The Kier molecular flexibility index (Phi) is 17.9. The Morgan fingerprint density at radius 3 is 2.27 bits per heavy atom. The van der Waals surface area contributed by atoms with Gasteiger partial charge in [-0.1, -0.05) is 94.9 Å². The molecule has 2 aliphatic carbocycles. The molecule has 310 valence electrons. The van der Waals surface area contributed by atoms with Crippen LogP contribution in [0.25, 0.3) is 0 Å². The summed E-state index contributed by atoms with van der Waals surface area (Å²) in [5.74, 6) is -0.987. The van der Waals surface area contributed by atoms with Crippen LogP contribution in [0, 0.1) is 17.8 Å². The lowest BCUT2D eigenvalue weighted by molar-refractivity contribution is -0.253. The van der Waals surface area contributed by atoms with Crippen LogP contribution in [0.2, 0.25) is 0 Å². The van der Waals surface area contributed by atoms with Gasteiger partial charge < -0.3 is 39.3 Å². The van der Waals surface area contributed by atoms with Crippen molar-refractivity contribution in [3.05, 3.63) is 48.1 Å². The van der Waals surface area contributed by atoms with E-state index in [2.05, 4.69) is 19.6 Å². The summed E-state index contributed by atoms with van der Waals surface area (Å²) in [5.41, 5.74) is 2.02. The summed E-state index contributed by atoms with van der Waals surface area (Å²) in [6, 6.07) is 4.59. The topological polar surface area (TPSA) is 130 Å². The second-order valence-corrected chi connectivity index (χ2v) is 16.9. The Morgan fingerprint density at radius 1 is 0.982 bits per heavy atom. The largest absolute Gasteiger partial charge is 0.508 e. The van der Waals surface area contributed by atoms with Gasteiger partial charge in [0.25, 0.3) is 0 Å². The van der Waals surface area contributed by atoms with Crippen molar-refractivity contribution in [2.24, 2.45) is 22.9 Å². The molecule has 3 N–H and O–H groups in total. The van der Waals surface area contributed by atoms with Gasteiger partial charge in [-0.2, -0.15) is 0 Å². The van der Waals surface area contributed by atoms with Gasteiger partial charge in [0.1, 0.15) is 23.1 Å². The van der Waals surface area contributed by atoms with E-state index in [4.69, 9.17) is 24.2 Å². The van der Waals surface area contributed by atoms with Crippen molar-refractivity contribution in [2.45, 2.75) is 160 Å². The second-order valence-electron chi connectivity index (χ2n) is 16.9. The fraction of sp³-hybridized carbons (Fsp3) is 0.733. The number of benzene rings is 1. The molecular formula is C45H72N2O8. The maximum atomic E-state index is 14.0. The number of unbranched alkanes of at least 4 members (excludes halogenated alkanes) is 11. The lowest BCUT2D eigenvalue weighted by Gasteiger charge is -2.59. The summed E-state index contributed by atoms with van der Waals surface area (Å²) in [5, 5.41) is 35.2. The van der Waals surface area contributed by atoms with Crippen molar-refractivity contribution in [3.63, 3.8) is 0 Å². The molecule has 1 aromatic carbocycles. The summed E-state index contributed by atoms with van der Waals surface area (Å²) in [6.07, 6.45) is 20.6. The Hall–Kier alpha value is -3.08. The number of oxime groups is 1. The predicted octanol–water partition coefficient (Wildman–Crippen LogP) is 9.81. The van der Waals surface area contributed by atoms with Crippen LogP contribution < -0.4 is 4.74 Å². The number of aromatic hydroxyl groups is 1. The number of amides is 1. The van der Waals surface area contributed by atoms with Crippen molar-refractivity contribution >= 4 is 11.8 Å². The number of hydrogen-bond donors (Lipinski definition) is 3. The van der Waals surface area contributed by atoms with E-state index in [1.165, 1.54) is 44.9 Å². The van der Waals surface area contributed by atoms with Crippen molar-refractivity contribution in [1.82, 2.24) is 4.90 Å². The third-order valence-electron chi connectivity index (χ3n) is 11.6. The van der Waals surface area contributed by atoms with Gasteiger partial charge in [-0.05, 0) is 88.5 Å². The molecule has 0 unspecified atom stereocenters. The molecule has 1 fully saturated rings. The molecule has 0 aromatic heterocycles. The highest BCUT2D eigenvalue weighted by atomic mass is 16.7. The molecule has 4 rings (SSSR count). The minimum absolute atomic E-state index is 0.0901. The molecule has 0 bridgehead atoms. The third kappa shape index (κ3) is 12.0. The van der Waals surface area contributed by atoms with Gasteiger partial charge in [0, 0.05) is 38.2 Å². The Labute approximate surface area is 331 Å². The van der Waals surface area contributed by atoms with Crippen LogP contribution in [0.5, 0.6) is 11.5 Å². The van der Waals surface area contributed by atoms with Crippen molar-refractivity contribution in [2.75, 3.05) is 33.5 Å². The zero-order valence-electron chi connectivity index (χ0n) is 34.6. The lowest BCUT2D eigenvalue weighted by atomic mass is 9.55. The number of fused-ring (bicyclic) bond motifs is 2. The molecule has 0 saturated heterocycles. The van der Waals surface area contributed by atoms with Gasteiger partial charge in [-0.3, -0.25) is 0 Å². The standard InChI is InChI=1S/C45H72N2O8/c1-7-9-10-11-12-13-14-15-16-21-29-52-43(51)47(6)40-32-38(46-55-44(3,4)5)36-30-33(22-17-19-26-48)35(23-18-20-27-49)41-37-31-34(50)24-25-39(37)54-45(40,42(36)41)53-28-8-2/h8,24-25,30-31,33,35,40-42,48-50H,2,7,9-23,26-29,32H2,1,3-6H3/t33-,35+,40-,41+,42+,45+/m0/s1.